The third-order valence-electron chi connectivity index (χ3n) is 1.85. The van der Waals surface area contributed by atoms with E-state index in [1.807, 2.05) is 39.1 Å². The van der Waals surface area contributed by atoms with Crippen LogP contribution in [0.1, 0.15) is 32.6 Å². The minimum Gasteiger partial charge on any atom is -0.444 e. The number of hydrogen-bond donors (Lipinski definition) is 1. The fourth-order valence-electron chi connectivity index (χ4n) is 1.29. The summed E-state index contributed by atoms with van der Waals surface area (Å²) in [5, 5.41) is 4.86. The zero-order valence-corrected chi connectivity index (χ0v) is 11.1. The number of thiophene rings is 1. The summed E-state index contributed by atoms with van der Waals surface area (Å²) in [6, 6.07) is 4.17. The van der Waals surface area contributed by atoms with Crippen molar-refractivity contribution in [2.24, 2.45) is 0 Å². The first kappa shape index (κ1) is 13.0. The van der Waals surface area contributed by atoms with Gasteiger partial charge in [-0.25, -0.2) is 4.79 Å². The number of alkyl carbamates (subject to hydrolysis) is 1. The third-order valence-corrected chi connectivity index (χ3v) is 2.75. The minimum atomic E-state index is -0.438. The maximum Gasteiger partial charge on any atom is 0.407 e. The molecular weight excluding hydrogens is 222 g/mol. The van der Waals surface area contributed by atoms with E-state index < -0.39 is 5.60 Å². The molecule has 1 unspecified atom stereocenters. The Balaban J connectivity index is 2.34. The van der Waals surface area contributed by atoms with E-state index in [2.05, 4.69) is 11.4 Å². The van der Waals surface area contributed by atoms with Gasteiger partial charge in [0, 0.05) is 17.3 Å². The van der Waals surface area contributed by atoms with Gasteiger partial charge in [-0.2, -0.15) is 0 Å². The summed E-state index contributed by atoms with van der Waals surface area (Å²) in [6.07, 6.45) is 0.494. The molecule has 0 saturated heterocycles. The fourth-order valence-corrected chi connectivity index (χ4v) is 2.13. The molecule has 1 amide bonds. The largest absolute Gasteiger partial charge is 0.444 e. The average molecular weight is 241 g/mol. The Morgan fingerprint density at radius 2 is 2.25 bits per heavy atom. The van der Waals surface area contributed by atoms with E-state index in [-0.39, 0.29) is 12.1 Å². The first-order chi connectivity index (χ1) is 7.37. The molecule has 0 aliphatic carbocycles. The highest BCUT2D eigenvalue weighted by molar-refractivity contribution is 7.09. The van der Waals surface area contributed by atoms with Crippen molar-refractivity contribution in [1.82, 2.24) is 5.32 Å². The van der Waals surface area contributed by atoms with Crippen LogP contribution in [0.2, 0.25) is 0 Å². The standard InChI is InChI=1S/C12H19NO2S/c1-9(8-10-6-5-7-16-10)13-11(14)15-12(2,3)4/h5-7,9H,8H2,1-4H3,(H,13,14). The normalized spacial score (nSPS) is 13.2. The lowest BCUT2D eigenvalue weighted by Crippen LogP contribution is -2.38. The van der Waals surface area contributed by atoms with Crippen LogP contribution in [0, 0.1) is 0 Å². The Kier molecular flexibility index (Phi) is 4.35. The molecule has 0 spiro atoms. The highest BCUT2D eigenvalue weighted by Gasteiger charge is 2.17. The molecule has 4 heteroatoms. The Hall–Kier alpha value is -1.03. The van der Waals surface area contributed by atoms with Crippen molar-refractivity contribution in [2.75, 3.05) is 0 Å². The van der Waals surface area contributed by atoms with Gasteiger partial charge in [-0.15, -0.1) is 11.3 Å². The van der Waals surface area contributed by atoms with E-state index in [0.717, 1.165) is 6.42 Å². The molecule has 0 aliphatic heterocycles. The predicted octanol–water partition coefficient (Wildman–Crippen LogP) is 3.20. The van der Waals surface area contributed by atoms with Crippen LogP contribution in [0.15, 0.2) is 17.5 Å². The molecule has 1 N–H and O–H groups in total. The molecule has 1 atom stereocenters. The summed E-state index contributed by atoms with van der Waals surface area (Å²) in [5.41, 5.74) is -0.438. The molecule has 16 heavy (non-hydrogen) atoms. The van der Waals surface area contributed by atoms with Crippen molar-refractivity contribution in [3.05, 3.63) is 22.4 Å². The minimum absolute atomic E-state index is 0.0912. The van der Waals surface area contributed by atoms with Crippen molar-refractivity contribution >= 4 is 17.4 Å². The molecule has 0 bridgehead atoms. The van der Waals surface area contributed by atoms with E-state index in [9.17, 15) is 4.79 Å². The van der Waals surface area contributed by atoms with Crippen LogP contribution >= 0.6 is 11.3 Å². The Morgan fingerprint density at radius 1 is 1.56 bits per heavy atom. The molecule has 0 aromatic carbocycles. The summed E-state index contributed by atoms with van der Waals surface area (Å²) >= 11 is 1.70. The molecule has 1 heterocycles. The molecule has 0 fully saturated rings. The first-order valence-corrected chi connectivity index (χ1v) is 6.27. The molecule has 1 rings (SSSR count). The van der Waals surface area contributed by atoms with E-state index in [0.29, 0.717) is 0 Å². The van der Waals surface area contributed by atoms with Gasteiger partial charge < -0.3 is 10.1 Å². The van der Waals surface area contributed by atoms with E-state index in [4.69, 9.17) is 4.74 Å². The van der Waals surface area contributed by atoms with Crippen LogP contribution in [0.4, 0.5) is 4.79 Å². The van der Waals surface area contributed by atoms with Gasteiger partial charge in [0.25, 0.3) is 0 Å². The van der Waals surface area contributed by atoms with Crippen LogP contribution in [0.25, 0.3) is 0 Å². The first-order valence-electron chi connectivity index (χ1n) is 5.39. The second-order valence-electron chi connectivity index (χ2n) is 4.83. The van der Waals surface area contributed by atoms with Crippen molar-refractivity contribution in [1.29, 1.82) is 0 Å². The van der Waals surface area contributed by atoms with E-state index in [1.54, 1.807) is 11.3 Å². The van der Waals surface area contributed by atoms with Gasteiger partial charge in [0.2, 0.25) is 0 Å². The third kappa shape index (κ3) is 5.16. The molecule has 0 aliphatic rings. The zero-order valence-electron chi connectivity index (χ0n) is 10.2. The molecule has 0 radical (unpaired) electrons. The number of amides is 1. The Morgan fingerprint density at radius 3 is 2.75 bits per heavy atom. The van der Waals surface area contributed by atoms with Gasteiger partial charge >= 0.3 is 6.09 Å². The highest BCUT2D eigenvalue weighted by atomic mass is 32.1. The molecule has 1 aromatic heterocycles. The number of carbonyl (C=O) groups is 1. The van der Waals surface area contributed by atoms with Crippen LogP contribution in [-0.2, 0) is 11.2 Å². The molecule has 90 valence electrons. The number of hydrogen-bond acceptors (Lipinski definition) is 3. The van der Waals surface area contributed by atoms with Crippen LogP contribution in [-0.4, -0.2) is 17.7 Å². The lowest BCUT2D eigenvalue weighted by atomic mass is 10.2. The SMILES string of the molecule is CC(Cc1cccs1)NC(=O)OC(C)(C)C. The van der Waals surface area contributed by atoms with Crippen molar-refractivity contribution < 1.29 is 9.53 Å². The number of carbonyl (C=O) groups excluding carboxylic acids is 1. The van der Waals surface area contributed by atoms with Gasteiger partial charge in [-0.3, -0.25) is 0 Å². The summed E-state index contributed by atoms with van der Waals surface area (Å²) in [4.78, 5) is 12.7. The number of rotatable bonds is 3. The van der Waals surface area contributed by atoms with Crippen LogP contribution in [0.5, 0.6) is 0 Å². The van der Waals surface area contributed by atoms with Gasteiger partial charge in [0.1, 0.15) is 5.60 Å². The summed E-state index contributed by atoms with van der Waals surface area (Å²) < 4.78 is 5.18. The Bertz CT molecular complexity index is 327. The van der Waals surface area contributed by atoms with Gasteiger partial charge in [0.15, 0.2) is 0 Å². The number of nitrogens with one attached hydrogen (secondary N) is 1. The molecular formula is C12H19NO2S. The average Bonchev–Trinajstić information content (AvgIpc) is 2.51. The highest BCUT2D eigenvalue weighted by Crippen LogP contribution is 2.12. The Labute approximate surface area is 101 Å². The number of ether oxygens (including phenoxy) is 1. The summed E-state index contributed by atoms with van der Waals surface area (Å²) in [7, 11) is 0. The van der Waals surface area contributed by atoms with Crippen LogP contribution in [0.3, 0.4) is 0 Å². The maximum absolute atomic E-state index is 11.5. The maximum atomic E-state index is 11.5. The van der Waals surface area contributed by atoms with Crippen LogP contribution < -0.4 is 5.32 Å². The predicted molar refractivity (Wildman–Crippen MR) is 66.9 cm³/mol. The zero-order chi connectivity index (χ0) is 12.2. The molecule has 3 nitrogen and oxygen atoms in total. The van der Waals surface area contributed by atoms with Crippen molar-refractivity contribution in [3.8, 4) is 0 Å². The topological polar surface area (TPSA) is 38.3 Å². The van der Waals surface area contributed by atoms with E-state index in [1.165, 1.54) is 4.88 Å². The second kappa shape index (κ2) is 5.34. The summed E-state index contributed by atoms with van der Waals surface area (Å²) in [5.74, 6) is 0. The summed E-state index contributed by atoms with van der Waals surface area (Å²) in [6.45, 7) is 7.55. The molecule has 0 saturated carbocycles. The van der Waals surface area contributed by atoms with Gasteiger partial charge in [-0.1, -0.05) is 6.07 Å². The monoisotopic (exact) mass is 241 g/mol. The molecule has 1 aromatic rings. The fraction of sp³-hybridized carbons (Fsp3) is 0.583. The second-order valence-corrected chi connectivity index (χ2v) is 5.86. The quantitative estimate of drug-likeness (QED) is 0.882. The smallest absolute Gasteiger partial charge is 0.407 e. The van der Waals surface area contributed by atoms with Gasteiger partial charge in [0.05, 0.1) is 0 Å². The van der Waals surface area contributed by atoms with E-state index >= 15 is 0 Å². The van der Waals surface area contributed by atoms with Crippen molar-refractivity contribution in [3.63, 3.8) is 0 Å². The lowest BCUT2D eigenvalue weighted by Gasteiger charge is -2.21. The lowest BCUT2D eigenvalue weighted by molar-refractivity contribution is 0.0509. The van der Waals surface area contributed by atoms with Crippen molar-refractivity contribution in [2.45, 2.75) is 45.8 Å². The van der Waals surface area contributed by atoms with Gasteiger partial charge in [-0.05, 0) is 39.1 Å².